The van der Waals surface area contributed by atoms with E-state index in [1.807, 2.05) is 20.8 Å². The van der Waals surface area contributed by atoms with E-state index in [2.05, 4.69) is 27.7 Å². The molecular formula is C23H40O3. The van der Waals surface area contributed by atoms with E-state index in [0.717, 1.165) is 36.7 Å². The Morgan fingerprint density at radius 3 is 1.92 bits per heavy atom. The van der Waals surface area contributed by atoms with Gasteiger partial charge in [-0.05, 0) is 81.5 Å². The predicted octanol–water partition coefficient (Wildman–Crippen LogP) is 5.82. The molecule has 4 rings (SSSR count). The number of ether oxygens (including phenoxy) is 2. The van der Waals surface area contributed by atoms with Crippen molar-refractivity contribution in [2.24, 2.45) is 39.9 Å². The first-order valence-corrected chi connectivity index (χ1v) is 10.8. The summed E-state index contributed by atoms with van der Waals surface area (Å²) in [6.45, 7) is 15.4. The molecule has 0 saturated heterocycles. The smallest absolute Gasteiger partial charge is 0.313 e. The van der Waals surface area contributed by atoms with E-state index in [4.69, 9.17) is 9.47 Å². The molecule has 4 saturated carbocycles. The maximum absolute atomic E-state index is 12.6. The molecule has 26 heavy (non-hydrogen) atoms. The topological polar surface area (TPSA) is 35.5 Å². The van der Waals surface area contributed by atoms with E-state index < -0.39 is 11.7 Å². The molecule has 0 spiro atoms. The van der Waals surface area contributed by atoms with E-state index in [0.29, 0.717) is 0 Å². The SMILES string of the molecule is CCC(C)(C)C(=O)OC(OCC1(C)C2CC3CC(C2)CC1C3)C(C)(C)C. The van der Waals surface area contributed by atoms with Crippen molar-refractivity contribution < 1.29 is 14.3 Å². The van der Waals surface area contributed by atoms with Crippen LogP contribution in [0.4, 0.5) is 0 Å². The first kappa shape index (κ1) is 20.2. The molecule has 0 aliphatic heterocycles. The molecule has 3 nitrogen and oxygen atoms in total. The Hall–Kier alpha value is -0.570. The first-order valence-electron chi connectivity index (χ1n) is 10.8. The van der Waals surface area contributed by atoms with Gasteiger partial charge in [0.05, 0.1) is 12.0 Å². The minimum atomic E-state index is -0.477. The minimum absolute atomic E-state index is 0.143. The van der Waals surface area contributed by atoms with Gasteiger partial charge >= 0.3 is 5.97 Å². The van der Waals surface area contributed by atoms with Gasteiger partial charge < -0.3 is 9.47 Å². The highest BCUT2D eigenvalue weighted by Crippen LogP contribution is 2.62. The summed E-state index contributed by atoms with van der Waals surface area (Å²) in [6, 6.07) is 0. The normalized spacial score (nSPS) is 37.7. The van der Waals surface area contributed by atoms with E-state index in [-0.39, 0.29) is 16.8 Å². The zero-order valence-electron chi connectivity index (χ0n) is 18.1. The molecule has 0 aromatic rings. The number of hydrogen-bond donors (Lipinski definition) is 0. The molecule has 4 fully saturated rings. The molecule has 1 atom stereocenters. The maximum atomic E-state index is 12.6. The van der Waals surface area contributed by atoms with Crippen molar-refractivity contribution in [3.8, 4) is 0 Å². The van der Waals surface area contributed by atoms with Crippen molar-refractivity contribution in [3.63, 3.8) is 0 Å². The fourth-order valence-electron chi connectivity index (χ4n) is 5.61. The molecule has 4 bridgehead atoms. The third-order valence-electron chi connectivity index (χ3n) is 7.91. The maximum Gasteiger partial charge on any atom is 0.313 e. The third-order valence-corrected chi connectivity index (χ3v) is 7.91. The van der Waals surface area contributed by atoms with Crippen molar-refractivity contribution >= 4 is 5.97 Å². The second-order valence-electron chi connectivity index (χ2n) is 11.5. The molecule has 0 heterocycles. The van der Waals surface area contributed by atoms with Gasteiger partial charge in [0.1, 0.15) is 0 Å². The summed E-state index contributed by atoms with van der Waals surface area (Å²) in [5, 5.41) is 0. The van der Waals surface area contributed by atoms with Gasteiger partial charge in [0.15, 0.2) is 0 Å². The number of hydrogen-bond acceptors (Lipinski definition) is 3. The Labute approximate surface area is 160 Å². The van der Waals surface area contributed by atoms with Crippen LogP contribution >= 0.6 is 0 Å². The molecule has 0 aromatic heterocycles. The van der Waals surface area contributed by atoms with Crippen molar-refractivity contribution in [1.29, 1.82) is 0 Å². The van der Waals surface area contributed by atoms with Crippen LogP contribution in [0.2, 0.25) is 0 Å². The third kappa shape index (κ3) is 3.70. The van der Waals surface area contributed by atoms with Crippen LogP contribution in [0.1, 0.15) is 87.0 Å². The Bertz CT molecular complexity index is 500. The van der Waals surface area contributed by atoms with Gasteiger partial charge in [-0.3, -0.25) is 4.79 Å². The second-order valence-corrected chi connectivity index (χ2v) is 11.5. The van der Waals surface area contributed by atoms with Gasteiger partial charge in [-0.2, -0.15) is 0 Å². The summed E-state index contributed by atoms with van der Waals surface area (Å²) in [5.41, 5.74) is -0.426. The number of rotatable bonds is 6. The fraction of sp³-hybridized carbons (Fsp3) is 0.957. The Morgan fingerprint density at radius 2 is 1.50 bits per heavy atom. The quantitative estimate of drug-likeness (QED) is 0.440. The van der Waals surface area contributed by atoms with E-state index >= 15 is 0 Å². The Kier molecular flexibility index (Phi) is 5.27. The summed E-state index contributed by atoms with van der Waals surface area (Å²) < 4.78 is 12.3. The zero-order chi connectivity index (χ0) is 19.3. The minimum Gasteiger partial charge on any atom is -0.435 e. The van der Waals surface area contributed by atoms with Crippen LogP contribution in [-0.4, -0.2) is 18.9 Å². The van der Waals surface area contributed by atoms with E-state index in [1.54, 1.807) is 0 Å². The monoisotopic (exact) mass is 364 g/mol. The van der Waals surface area contributed by atoms with Crippen LogP contribution in [-0.2, 0) is 14.3 Å². The lowest BCUT2D eigenvalue weighted by atomic mass is 9.46. The average molecular weight is 365 g/mol. The van der Waals surface area contributed by atoms with Crippen molar-refractivity contribution in [3.05, 3.63) is 0 Å². The molecule has 150 valence electrons. The number of carbonyl (C=O) groups excluding carboxylic acids is 1. The highest BCUT2D eigenvalue weighted by molar-refractivity contribution is 5.75. The van der Waals surface area contributed by atoms with Gasteiger partial charge in [0, 0.05) is 5.41 Å². The van der Waals surface area contributed by atoms with Gasteiger partial charge in [0.25, 0.3) is 0 Å². The van der Waals surface area contributed by atoms with Gasteiger partial charge in [-0.25, -0.2) is 0 Å². The van der Waals surface area contributed by atoms with Crippen molar-refractivity contribution in [2.75, 3.05) is 6.61 Å². The lowest BCUT2D eigenvalue weighted by Gasteiger charge is -2.60. The second kappa shape index (κ2) is 6.79. The molecule has 0 N–H and O–H groups in total. The highest BCUT2D eigenvalue weighted by Gasteiger charge is 2.55. The standard InChI is InChI=1S/C23H40O3/c1-8-22(5,6)19(24)26-20(21(2,3)4)25-14-23(7)17-10-15-9-16(12-17)13-18(23)11-15/h15-18,20H,8-14H2,1-7H3. The van der Waals surface area contributed by atoms with Gasteiger partial charge in [0.2, 0.25) is 6.29 Å². The lowest BCUT2D eigenvalue weighted by Crippen LogP contribution is -2.54. The summed E-state index contributed by atoms with van der Waals surface area (Å²) in [5.74, 6) is 3.37. The van der Waals surface area contributed by atoms with Gasteiger partial charge in [-0.1, -0.05) is 34.6 Å². The molecule has 1 unspecified atom stereocenters. The number of esters is 1. The molecule has 3 heteroatoms. The summed E-state index contributed by atoms with van der Waals surface area (Å²) in [6.07, 6.45) is 7.30. The zero-order valence-corrected chi connectivity index (χ0v) is 18.1. The fourth-order valence-corrected chi connectivity index (χ4v) is 5.61. The molecule has 4 aliphatic rings. The Balaban J connectivity index is 1.67. The molecule has 0 aromatic carbocycles. The molecular weight excluding hydrogens is 324 g/mol. The summed E-state index contributed by atoms with van der Waals surface area (Å²) >= 11 is 0. The van der Waals surface area contributed by atoms with Gasteiger partial charge in [-0.15, -0.1) is 0 Å². The van der Waals surface area contributed by atoms with E-state index in [1.165, 1.54) is 32.1 Å². The first-order chi connectivity index (χ1) is 12.0. The lowest BCUT2D eigenvalue weighted by molar-refractivity contribution is -0.234. The van der Waals surface area contributed by atoms with Crippen LogP contribution in [0, 0.1) is 39.9 Å². The van der Waals surface area contributed by atoms with Crippen LogP contribution in [0.15, 0.2) is 0 Å². The average Bonchev–Trinajstić information content (AvgIpc) is 2.54. The largest absolute Gasteiger partial charge is 0.435 e. The molecule has 0 amide bonds. The predicted molar refractivity (Wildman–Crippen MR) is 105 cm³/mol. The molecule has 4 aliphatic carbocycles. The van der Waals surface area contributed by atoms with Crippen molar-refractivity contribution in [2.45, 2.75) is 93.3 Å². The molecule has 0 radical (unpaired) electrons. The van der Waals surface area contributed by atoms with Crippen LogP contribution in [0.5, 0.6) is 0 Å². The Morgan fingerprint density at radius 1 is 1.00 bits per heavy atom. The van der Waals surface area contributed by atoms with Crippen LogP contribution in [0.3, 0.4) is 0 Å². The summed E-state index contributed by atoms with van der Waals surface area (Å²) in [4.78, 5) is 12.6. The van der Waals surface area contributed by atoms with Crippen LogP contribution in [0.25, 0.3) is 0 Å². The number of carbonyl (C=O) groups is 1. The van der Waals surface area contributed by atoms with Crippen LogP contribution < -0.4 is 0 Å². The highest BCUT2D eigenvalue weighted by atomic mass is 16.7. The van der Waals surface area contributed by atoms with Crippen molar-refractivity contribution in [1.82, 2.24) is 0 Å². The summed E-state index contributed by atoms with van der Waals surface area (Å²) in [7, 11) is 0. The van der Waals surface area contributed by atoms with E-state index in [9.17, 15) is 4.79 Å².